The van der Waals surface area contributed by atoms with Crippen LogP contribution in [0, 0.1) is 0 Å². The van der Waals surface area contributed by atoms with E-state index in [0.29, 0.717) is 12.2 Å². The molecule has 0 amide bonds. The lowest BCUT2D eigenvalue weighted by molar-refractivity contribution is -0.516. The van der Waals surface area contributed by atoms with Gasteiger partial charge in [-0.1, -0.05) is 60.6 Å². The summed E-state index contributed by atoms with van der Waals surface area (Å²) in [6, 6.07) is 3.94. The van der Waals surface area contributed by atoms with E-state index in [1.165, 1.54) is 0 Å². The lowest BCUT2D eigenvalue weighted by Crippen LogP contribution is -2.24. The summed E-state index contributed by atoms with van der Waals surface area (Å²) in [4.78, 5) is 21.7. The zero-order valence-electron chi connectivity index (χ0n) is 18.4. The summed E-state index contributed by atoms with van der Waals surface area (Å²) in [5.41, 5.74) is 1.81. The fourth-order valence-corrected chi connectivity index (χ4v) is 2.48. The van der Waals surface area contributed by atoms with Crippen LogP contribution in [0.3, 0.4) is 0 Å². The molecule has 1 N–H and O–H groups in total. The zero-order chi connectivity index (χ0) is 21.0. The number of hydrogen-bond donors (Lipinski definition) is 1. The van der Waals surface area contributed by atoms with Crippen molar-refractivity contribution >= 4 is 5.97 Å². The highest BCUT2D eigenvalue weighted by Gasteiger charge is 2.26. The van der Waals surface area contributed by atoms with E-state index in [1.807, 2.05) is 32.9 Å². The Labute approximate surface area is 163 Å². The van der Waals surface area contributed by atoms with Crippen LogP contribution >= 0.6 is 0 Å². The first kappa shape index (κ1) is 23.4. The van der Waals surface area contributed by atoms with Crippen LogP contribution in [0.1, 0.15) is 91.8 Å². The Morgan fingerprint density at radius 1 is 0.963 bits per heavy atom. The van der Waals surface area contributed by atoms with Gasteiger partial charge in [-0.25, -0.2) is 4.79 Å². The number of carbonyl (C=O) groups excluding carboxylic acids is 1. The minimum absolute atomic E-state index is 0.161. The topological polar surface area (TPSA) is 65.0 Å². The van der Waals surface area contributed by atoms with Crippen molar-refractivity contribution in [2.75, 3.05) is 0 Å². The Morgan fingerprint density at radius 3 is 1.85 bits per heavy atom. The molecular weight excluding hydrogens is 344 g/mol. The second kappa shape index (κ2) is 8.61. The maximum atomic E-state index is 11.9. The maximum Gasteiger partial charge on any atom is 0.345 e. The van der Waals surface area contributed by atoms with Crippen LogP contribution in [0.4, 0.5) is 0 Å². The second-order valence-electron chi connectivity index (χ2n) is 9.76. The highest BCUT2D eigenvalue weighted by Crippen LogP contribution is 2.40. The van der Waals surface area contributed by atoms with Crippen LogP contribution in [-0.2, 0) is 36.9 Å². The third-order valence-corrected chi connectivity index (χ3v) is 4.64. The van der Waals surface area contributed by atoms with Gasteiger partial charge in [0.15, 0.2) is 0 Å². The van der Waals surface area contributed by atoms with Crippen molar-refractivity contribution in [2.24, 2.45) is 0 Å². The first-order valence-electron chi connectivity index (χ1n) is 9.59. The van der Waals surface area contributed by atoms with Crippen LogP contribution in [0.25, 0.3) is 0 Å². The molecule has 1 rings (SSSR count). The number of phenols is 1. The van der Waals surface area contributed by atoms with Gasteiger partial charge < -0.3 is 5.11 Å². The van der Waals surface area contributed by atoms with E-state index in [0.717, 1.165) is 23.1 Å². The van der Waals surface area contributed by atoms with Gasteiger partial charge in [-0.05, 0) is 59.2 Å². The van der Waals surface area contributed by atoms with E-state index in [4.69, 9.17) is 9.78 Å². The van der Waals surface area contributed by atoms with Gasteiger partial charge in [0.2, 0.25) is 0 Å². The number of phenolic OH excluding ortho intramolecular Hbond substituents is 1. The first-order valence-corrected chi connectivity index (χ1v) is 9.59. The first-order chi connectivity index (χ1) is 12.2. The summed E-state index contributed by atoms with van der Waals surface area (Å²) in [7, 11) is 0. The molecule has 27 heavy (non-hydrogen) atoms. The number of aromatic hydroxyl groups is 1. The molecule has 0 saturated carbocycles. The molecule has 0 aliphatic rings. The number of hydrogen-bond acceptors (Lipinski definition) is 5. The molecule has 0 heterocycles. The van der Waals surface area contributed by atoms with Crippen molar-refractivity contribution < 1.29 is 24.7 Å². The van der Waals surface area contributed by atoms with Crippen LogP contribution in [0.2, 0.25) is 0 Å². The largest absolute Gasteiger partial charge is 0.507 e. The predicted octanol–water partition coefficient (Wildman–Crippen LogP) is 5.51. The van der Waals surface area contributed by atoms with Crippen LogP contribution in [0.15, 0.2) is 12.1 Å². The van der Waals surface area contributed by atoms with Gasteiger partial charge in [0.25, 0.3) is 0 Å². The fourth-order valence-electron chi connectivity index (χ4n) is 2.48. The van der Waals surface area contributed by atoms with E-state index in [1.54, 1.807) is 0 Å². The normalized spacial score (nSPS) is 12.9. The standard InChI is InChI=1S/C22H36O5/c1-10-22(8,9)26-27-25-18(23)12-11-15-13-16(20(2,3)4)19(24)17(14-15)21(5,6)7/h13-14,24H,10-12H2,1-9H3. The third kappa shape index (κ3) is 7.15. The zero-order valence-corrected chi connectivity index (χ0v) is 18.4. The molecule has 5 heteroatoms. The van der Waals surface area contributed by atoms with E-state index >= 15 is 0 Å². The van der Waals surface area contributed by atoms with Crippen LogP contribution < -0.4 is 0 Å². The van der Waals surface area contributed by atoms with Gasteiger partial charge in [-0.3, -0.25) is 4.89 Å². The summed E-state index contributed by atoms with van der Waals surface area (Å²) in [5.74, 6) is -0.163. The van der Waals surface area contributed by atoms with Gasteiger partial charge >= 0.3 is 5.97 Å². The van der Waals surface area contributed by atoms with Crippen molar-refractivity contribution in [1.82, 2.24) is 0 Å². The van der Waals surface area contributed by atoms with Crippen LogP contribution in [-0.4, -0.2) is 16.7 Å². The van der Waals surface area contributed by atoms with E-state index in [2.05, 4.69) is 46.6 Å². The molecule has 0 atom stereocenters. The lowest BCUT2D eigenvalue weighted by Gasteiger charge is -2.28. The SMILES string of the molecule is CCC(C)(C)OOOC(=O)CCc1cc(C(C)(C)C)c(O)c(C(C)(C)C)c1. The van der Waals surface area contributed by atoms with Gasteiger partial charge in [0.1, 0.15) is 11.4 Å². The highest BCUT2D eigenvalue weighted by molar-refractivity contribution is 5.69. The number of carbonyl (C=O) groups is 1. The summed E-state index contributed by atoms with van der Waals surface area (Å²) >= 11 is 0. The van der Waals surface area contributed by atoms with Gasteiger partial charge in [-0.15, -0.1) is 0 Å². The Morgan fingerprint density at radius 2 is 1.44 bits per heavy atom. The van der Waals surface area contributed by atoms with E-state index in [-0.39, 0.29) is 17.3 Å². The molecule has 5 nitrogen and oxygen atoms in total. The summed E-state index contributed by atoms with van der Waals surface area (Å²) in [6.45, 7) is 18.0. The smallest absolute Gasteiger partial charge is 0.345 e. The van der Waals surface area contributed by atoms with Gasteiger partial charge in [-0.2, -0.15) is 4.89 Å². The minimum Gasteiger partial charge on any atom is -0.507 e. The summed E-state index contributed by atoms with van der Waals surface area (Å²) in [5, 5.41) is 15.4. The van der Waals surface area contributed by atoms with E-state index in [9.17, 15) is 9.90 Å². The van der Waals surface area contributed by atoms with Gasteiger partial charge in [0, 0.05) is 0 Å². The van der Waals surface area contributed by atoms with Crippen molar-refractivity contribution in [2.45, 2.75) is 98.0 Å². The highest BCUT2D eigenvalue weighted by atomic mass is 17.5. The molecule has 0 fully saturated rings. The molecule has 1 aromatic carbocycles. The number of rotatable bonds is 7. The number of aryl methyl sites for hydroxylation is 1. The number of benzene rings is 1. The van der Waals surface area contributed by atoms with Crippen molar-refractivity contribution in [3.05, 3.63) is 28.8 Å². The molecule has 0 aliphatic heterocycles. The van der Waals surface area contributed by atoms with E-state index < -0.39 is 11.6 Å². The molecule has 1 aromatic rings. The van der Waals surface area contributed by atoms with Crippen LogP contribution in [0.5, 0.6) is 5.75 Å². The molecule has 0 bridgehead atoms. The molecule has 0 aliphatic carbocycles. The second-order valence-corrected chi connectivity index (χ2v) is 9.76. The van der Waals surface area contributed by atoms with Crippen molar-refractivity contribution in [1.29, 1.82) is 0 Å². The summed E-state index contributed by atoms with van der Waals surface area (Å²) in [6.07, 6.45) is 1.38. The Bertz CT molecular complexity index is 613. The molecule has 0 aromatic heterocycles. The predicted molar refractivity (Wildman–Crippen MR) is 106 cm³/mol. The molecule has 0 spiro atoms. The Hall–Kier alpha value is -1.59. The Balaban J connectivity index is 2.87. The quantitative estimate of drug-likeness (QED) is 0.499. The average Bonchev–Trinajstić information content (AvgIpc) is 2.51. The lowest BCUT2D eigenvalue weighted by atomic mass is 9.78. The summed E-state index contributed by atoms with van der Waals surface area (Å²) < 4.78 is 0. The van der Waals surface area contributed by atoms with Crippen molar-refractivity contribution in [3.63, 3.8) is 0 Å². The third-order valence-electron chi connectivity index (χ3n) is 4.64. The Kier molecular flexibility index (Phi) is 7.48. The minimum atomic E-state index is -0.513. The monoisotopic (exact) mass is 380 g/mol. The molecule has 0 unspecified atom stereocenters. The molecule has 154 valence electrons. The fraction of sp³-hybridized carbons (Fsp3) is 0.682. The molecule has 0 radical (unpaired) electrons. The van der Waals surface area contributed by atoms with Crippen molar-refractivity contribution in [3.8, 4) is 5.75 Å². The molecule has 0 saturated heterocycles. The average molecular weight is 381 g/mol. The maximum absolute atomic E-state index is 11.9. The molecular formula is C22H36O5. The van der Waals surface area contributed by atoms with Gasteiger partial charge in [0.05, 0.1) is 6.42 Å².